The number of methoxy groups -OCH3 is 2. The van der Waals surface area contributed by atoms with Crippen LogP contribution >= 0.6 is 11.3 Å². The first-order chi connectivity index (χ1) is 17.1. The van der Waals surface area contributed by atoms with Gasteiger partial charge >= 0.3 is 0 Å². The number of fused-ring (bicyclic) bond motifs is 2. The van der Waals surface area contributed by atoms with Crippen molar-refractivity contribution in [3.63, 3.8) is 0 Å². The number of aryl methyl sites for hydroxylation is 1. The second-order valence-electron chi connectivity index (χ2n) is 7.87. The van der Waals surface area contributed by atoms with Crippen LogP contribution in [0.15, 0.2) is 60.8 Å². The van der Waals surface area contributed by atoms with Gasteiger partial charge in [-0.3, -0.25) is 4.98 Å². The predicted molar refractivity (Wildman–Crippen MR) is 142 cm³/mol. The Morgan fingerprint density at radius 2 is 1.74 bits per heavy atom. The van der Waals surface area contributed by atoms with Gasteiger partial charge < -0.3 is 14.6 Å². The molecule has 0 aliphatic rings. The Morgan fingerprint density at radius 1 is 0.971 bits per heavy atom. The minimum Gasteiger partial charge on any atom is -0.497 e. The minimum atomic E-state index is -0.815. The van der Waals surface area contributed by atoms with E-state index in [0.29, 0.717) is 17.9 Å². The van der Waals surface area contributed by atoms with Crippen molar-refractivity contribution in [1.29, 1.82) is 0 Å². The first kappa shape index (κ1) is 24.7. The second-order valence-corrected chi connectivity index (χ2v) is 8.90. The van der Waals surface area contributed by atoms with Crippen LogP contribution < -0.4 is 4.74 Å². The largest absolute Gasteiger partial charge is 0.497 e. The van der Waals surface area contributed by atoms with E-state index in [1.165, 1.54) is 0 Å². The van der Waals surface area contributed by atoms with Crippen LogP contribution in [-0.2, 0) is 11.3 Å². The molecule has 1 atom stereocenters. The number of benzene rings is 3. The topological polar surface area (TPSA) is 77.4 Å². The zero-order valence-corrected chi connectivity index (χ0v) is 21.4. The number of rotatable bonds is 6. The van der Waals surface area contributed by atoms with Crippen LogP contribution in [0.5, 0.6) is 5.75 Å². The summed E-state index contributed by atoms with van der Waals surface area (Å²) in [6, 6.07) is 17.5. The number of aromatic nitrogens is 3. The van der Waals surface area contributed by atoms with Crippen molar-refractivity contribution >= 4 is 32.6 Å². The highest BCUT2D eigenvalue weighted by molar-refractivity contribution is 7.21. The quantitative estimate of drug-likeness (QED) is 0.295. The third-order valence-electron chi connectivity index (χ3n) is 5.51. The van der Waals surface area contributed by atoms with Crippen LogP contribution in [0.4, 0.5) is 0 Å². The number of hydrogen-bond donors (Lipinski definition) is 1. The summed E-state index contributed by atoms with van der Waals surface area (Å²) in [5.74, 6) is 0.681. The van der Waals surface area contributed by atoms with E-state index in [1.54, 1.807) is 31.8 Å². The van der Waals surface area contributed by atoms with Gasteiger partial charge in [-0.05, 0) is 42.3 Å². The Labute approximate surface area is 209 Å². The molecule has 0 spiro atoms. The first-order valence-corrected chi connectivity index (χ1v) is 12.4. The summed E-state index contributed by atoms with van der Waals surface area (Å²) < 4.78 is 11.7. The van der Waals surface area contributed by atoms with E-state index in [4.69, 9.17) is 19.4 Å². The van der Waals surface area contributed by atoms with E-state index in [-0.39, 0.29) is 0 Å². The molecular weight excluding hydrogens is 458 g/mol. The van der Waals surface area contributed by atoms with Gasteiger partial charge in [-0.2, -0.15) is 0 Å². The average Bonchev–Trinajstić information content (AvgIpc) is 3.33. The van der Waals surface area contributed by atoms with Gasteiger partial charge in [0.15, 0.2) is 0 Å². The number of aliphatic hydroxyl groups is 1. The standard InChI is InChI=1S/C26H23N3O3S.C2H6/c1-15-9-20(23-21(10-15)28-17(13-27-23)14-31-2)26-29-24-19(11-18(32-3)12-22(24)33-26)25(30)16-7-5-4-6-8-16;1-2/h4-13,25,30H,14H2,1-3H3;1-2H3. The summed E-state index contributed by atoms with van der Waals surface area (Å²) in [7, 11) is 3.27. The summed E-state index contributed by atoms with van der Waals surface area (Å²) >= 11 is 1.55. The van der Waals surface area contributed by atoms with Crippen molar-refractivity contribution in [2.24, 2.45) is 0 Å². The smallest absolute Gasteiger partial charge is 0.126 e. The Morgan fingerprint density at radius 3 is 2.46 bits per heavy atom. The summed E-state index contributed by atoms with van der Waals surface area (Å²) in [6.45, 7) is 6.45. The lowest BCUT2D eigenvalue weighted by Gasteiger charge is -2.13. The van der Waals surface area contributed by atoms with Crippen molar-refractivity contribution < 1.29 is 14.6 Å². The molecule has 3 aromatic carbocycles. The molecule has 0 aliphatic heterocycles. The lowest BCUT2D eigenvalue weighted by atomic mass is 10.0. The van der Waals surface area contributed by atoms with Crippen LogP contribution in [0.2, 0.25) is 0 Å². The maximum atomic E-state index is 11.2. The zero-order chi connectivity index (χ0) is 24.9. The summed E-state index contributed by atoms with van der Waals surface area (Å²) in [4.78, 5) is 14.3. The zero-order valence-electron chi connectivity index (χ0n) is 20.6. The Kier molecular flexibility index (Phi) is 7.70. The molecular formula is C28H29N3O3S. The molecule has 0 aliphatic carbocycles. The summed E-state index contributed by atoms with van der Waals surface area (Å²) in [6.07, 6.45) is 0.926. The van der Waals surface area contributed by atoms with Crippen LogP contribution in [0.25, 0.3) is 31.8 Å². The Hall–Kier alpha value is -3.39. The van der Waals surface area contributed by atoms with Crippen molar-refractivity contribution in [3.8, 4) is 16.3 Å². The molecule has 0 radical (unpaired) electrons. The van der Waals surface area contributed by atoms with E-state index < -0.39 is 6.10 Å². The number of ether oxygens (including phenoxy) is 2. The molecule has 35 heavy (non-hydrogen) atoms. The Bertz CT molecular complexity index is 1450. The van der Waals surface area contributed by atoms with Crippen LogP contribution in [0, 0.1) is 6.92 Å². The van der Waals surface area contributed by atoms with E-state index in [0.717, 1.165) is 48.6 Å². The van der Waals surface area contributed by atoms with Crippen LogP contribution in [0.3, 0.4) is 0 Å². The van der Waals surface area contributed by atoms with Gasteiger partial charge in [0.05, 0.1) is 46.9 Å². The first-order valence-electron chi connectivity index (χ1n) is 11.5. The van der Waals surface area contributed by atoms with Gasteiger partial charge in [-0.15, -0.1) is 11.3 Å². The molecule has 0 bridgehead atoms. The molecule has 0 amide bonds. The van der Waals surface area contributed by atoms with Crippen LogP contribution in [0.1, 0.15) is 42.3 Å². The number of hydrogen-bond acceptors (Lipinski definition) is 7. The van der Waals surface area contributed by atoms with Crippen molar-refractivity contribution in [2.75, 3.05) is 14.2 Å². The van der Waals surface area contributed by atoms with Crippen molar-refractivity contribution in [2.45, 2.75) is 33.5 Å². The van der Waals surface area contributed by atoms with E-state index in [9.17, 15) is 5.11 Å². The summed E-state index contributed by atoms with van der Waals surface area (Å²) in [5.41, 5.74) is 6.64. The maximum absolute atomic E-state index is 11.2. The molecule has 5 rings (SSSR count). The molecule has 0 saturated carbocycles. The molecule has 2 heterocycles. The molecule has 2 aromatic heterocycles. The fraction of sp³-hybridized carbons (Fsp3) is 0.250. The normalized spacial score (nSPS) is 11.8. The van der Waals surface area contributed by atoms with Crippen LogP contribution in [-0.4, -0.2) is 34.3 Å². The molecule has 0 saturated heterocycles. The number of aliphatic hydroxyl groups excluding tert-OH is 1. The number of nitrogens with zero attached hydrogens (tertiary/aromatic N) is 3. The van der Waals surface area contributed by atoms with Gasteiger partial charge in [0.25, 0.3) is 0 Å². The highest BCUT2D eigenvalue weighted by Gasteiger charge is 2.20. The molecule has 180 valence electrons. The minimum absolute atomic E-state index is 0.411. The van der Waals surface area contributed by atoms with Gasteiger partial charge in [-0.1, -0.05) is 44.2 Å². The molecule has 7 heteroatoms. The molecule has 5 aromatic rings. The fourth-order valence-corrected chi connectivity index (χ4v) is 5.02. The van der Waals surface area contributed by atoms with Crippen molar-refractivity contribution in [1.82, 2.24) is 15.0 Å². The lowest BCUT2D eigenvalue weighted by molar-refractivity contribution is 0.181. The molecule has 0 fully saturated rings. The lowest BCUT2D eigenvalue weighted by Crippen LogP contribution is -2.01. The van der Waals surface area contributed by atoms with Gasteiger partial charge in [0.2, 0.25) is 0 Å². The van der Waals surface area contributed by atoms with E-state index >= 15 is 0 Å². The predicted octanol–water partition coefficient (Wildman–Crippen LogP) is 6.48. The number of thiazole rings is 1. The van der Waals surface area contributed by atoms with Gasteiger partial charge in [-0.25, -0.2) is 9.97 Å². The van der Waals surface area contributed by atoms with Gasteiger partial charge in [0, 0.05) is 18.2 Å². The summed E-state index contributed by atoms with van der Waals surface area (Å²) in [5, 5.41) is 12.0. The molecule has 6 nitrogen and oxygen atoms in total. The Balaban J connectivity index is 0.00000141. The van der Waals surface area contributed by atoms with E-state index in [2.05, 4.69) is 11.1 Å². The maximum Gasteiger partial charge on any atom is 0.126 e. The highest BCUT2D eigenvalue weighted by atomic mass is 32.1. The average molecular weight is 488 g/mol. The SMILES string of the molecule is CC.COCc1cnc2c(-c3nc4c(C(O)c5ccccc5)cc(OC)cc4s3)cc(C)cc2n1. The fourth-order valence-electron chi connectivity index (χ4n) is 3.97. The monoisotopic (exact) mass is 487 g/mol. The van der Waals surface area contributed by atoms with Gasteiger partial charge in [0.1, 0.15) is 16.9 Å². The van der Waals surface area contributed by atoms with E-state index in [1.807, 2.05) is 69.3 Å². The van der Waals surface area contributed by atoms with Crippen molar-refractivity contribution in [3.05, 3.63) is 83.2 Å². The third-order valence-corrected chi connectivity index (χ3v) is 6.54. The molecule has 1 unspecified atom stereocenters. The highest BCUT2D eigenvalue weighted by Crippen LogP contribution is 2.40. The second kappa shape index (κ2) is 10.9. The molecule has 1 N–H and O–H groups in total. The third kappa shape index (κ3) is 5.03.